The topological polar surface area (TPSA) is 50.2 Å². The van der Waals surface area contributed by atoms with Crippen molar-refractivity contribution in [1.29, 1.82) is 0 Å². The number of hydrogen-bond acceptors (Lipinski definition) is 3. The van der Waals surface area contributed by atoms with Crippen LogP contribution < -0.4 is 5.32 Å². The summed E-state index contributed by atoms with van der Waals surface area (Å²) in [5.41, 5.74) is 1.98. The molecule has 1 unspecified atom stereocenters. The Hall–Kier alpha value is -1.36. The first-order chi connectivity index (χ1) is 11.0. The van der Waals surface area contributed by atoms with Gasteiger partial charge in [-0.1, -0.05) is 34.1 Å². The van der Waals surface area contributed by atoms with Crippen molar-refractivity contribution in [1.82, 2.24) is 19.8 Å². The van der Waals surface area contributed by atoms with Crippen LogP contribution in [0.25, 0.3) is 0 Å². The number of likely N-dealkylation sites (N-methyl/N-ethyl adjacent to an activating group) is 1. The summed E-state index contributed by atoms with van der Waals surface area (Å²) >= 11 is 0. The molecule has 1 aliphatic heterocycles. The molecule has 2 heterocycles. The second-order valence-corrected chi connectivity index (χ2v) is 6.94. The Morgan fingerprint density at radius 3 is 2.70 bits per heavy atom. The van der Waals surface area contributed by atoms with Crippen LogP contribution in [0.3, 0.4) is 0 Å². The van der Waals surface area contributed by atoms with Gasteiger partial charge in [0.2, 0.25) is 0 Å². The van der Waals surface area contributed by atoms with Crippen LogP contribution in [0.5, 0.6) is 0 Å². The molecule has 2 aliphatic rings. The summed E-state index contributed by atoms with van der Waals surface area (Å²) in [4.78, 5) is 19.2. The molecule has 0 radical (unpaired) electrons. The Kier molecular flexibility index (Phi) is 5.84. The van der Waals surface area contributed by atoms with Gasteiger partial charge in [0.25, 0.3) is 5.91 Å². The molecule has 3 rings (SSSR count). The maximum absolute atomic E-state index is 12.6. The molecular weight excluding hydrogens is 288 g/mol. The lowest BCUT2D eigenvalue weighted by molar-refractivity contribution is 0.0908. The summed E-state index contributed by atoms with van der Waals surface area (Å²) in [6.07, 6.45) is 6.41. The zero-order valence-corrected chi connectivity index (χ0v) is 15.4. The predicted octanol–water partition coefficient (Wildman–Crippen LogP) is 3.05. The van der Waals surface area contributed by atoms with Crippen LogP contribution in [-0.4, -0.2) is 40.0 Å². The van der Waals surface area contributed by atoms with Crippen LogP contribution in [0.2, 0.25) is 0 Å². The van der Waals surface area contributed by atoms with Crippen LogP contribution in [0.4, 0.5) is 0 Å². The number of carbonyl (C=O) groups is 1. The summed E-state index contributed by atoms with van der Waals surface area (Å²) in [6, 6.07) is 0.286. The van der Waals surface area contributed by atoms with E-state index in [9.17, 15) is 4.79 Å². The van der Waals surface area contributed by atoms with Gasteiger partial charge in [0.05, 0.1) is 12.0 Å². The molecule has 0 bridgehead atoms. The first kappa shape index (κ1) is 18.0. The van der Waals surface area contributed by atoms with Crippen LogP contribution in [0, 0.1) is 5.41 Å². The zero-order valence-electron chi connectivity index (χ0n) is 15.4. The standard InChI is InChI=1S/C16H26N4O.C2H6/c1-4-5-13(16(2)6-7-16)18-15(21)14-12-10-19(3)8-9-20(12)11-17-14;1-2/h11,13H,4-10H2,1-3H3,(H,18,21);1-2H3. The number of carbonyl (C=O) groups excluding carboxylic acids is 1. The number of nitrogens with zero attached hydrogens (tertiary/aromatic N) is 3. The number of amides is 1. The molecule has 5 heteroatoms. The van der Waals surface area contributed by atoms with Gasteiger partial charge in [-0.05, 0) is 31.7 Å². The third-order valence-corrected chi connectivity index (χ3v) is 5.07. The van der Waals surface area contributed by atoms with Crippen molar-refractivity contribution in [3.63, 3.8) is 0 Å². The number of fused-ring (bicyclic) bond motifs is 1. The zero-order chi connectivity index (χ0) is 17.0. The largest absolute Gasteiger partial charge is 0.347 e. The van der Waals surface area contributed by atoms with E-state index in [-0.39, 0.29) is 11.9 Å². The van der Waals surface area contributed by atoms with Crippen molar-refractivity contribution in [3.8, 4) is 0 Å². The van der Waals surface area contributed by atoms with Crippen molar-refractivity contribution in [2.24, 2.45) is 5.41 Å². The number of hydrogen-bond donors (Lipinski definition) is 1. The molecule has 1 atom stereocenters. The molecule has 1 N–H and O–H groups in total. The molecule has 23 heavy (non-hydrogen) atoms. The summed E-state index contributed by atoms with van der Waals surface area (Å²) < 4.78 is 2.11. The maximum atomic E-state index is 12.6. The maximum Gasteiger partial charge on any atom is 0.272 e. The molecule has 1 aliphatic carbocycles. The fraction of sp³-hybridized carbons (Fsp3) is 0.778. The van der Waals surface area contributed by atoms with Gasteiger partial charge in [-0.15, -0.1) is 0 Å². The van der Waals surface area contributed by atoms with Crippen LogP contribution in [0.1, 0.15) is 69.6 Å². The third kappa shape index (κ3) is 3.94. The van der Waals surface area contributed by atoms with Gasteiger partial charge in [0.15, 0.2) is 5.69 Å². The highest BCUT2D eigenvalue weighted by Gasteiger charge is 2.45. The van der Waals surface area contributed by atoms with Gasteiger partial charge < -0.3 is 9.88 Å². The first-order valence-corrected chi connectivity index (χ1v) is 9.07. The Morgan fingerprint density at radius 2 is 2.09 bits per heavy atom. The van der Waals surface area contributed by atoms with Crippen molar-refractivity contribution in [2.45, 2.75) is 72.5 Å². The molecule has 0 spiro atoms. The molecule has 5 nitrogen and oxygen atoms in total. The van der Waals surface area contributed by atoms with E-state index in [1.807, 2.05) is 20.2 Å². The van der Waals surface area contributed by atoms with Crippen molar-refractivity contribution in [2.75, 3.05) is 13.6 Å². The third-order valence-electron chi connectivity index (χ3n) is 5.07. The highest BCUT2D eigenvalue weighted by atomic mass is 16.2. The molecule has 1 aromatic rings. The van der Waals surface area contributed by atoms with Crippen LogP contribution in [0.15, 0.2) is 6.33 Å². The van der Waals surface area contributed by atoms with E-state index < -0.39 is 0 Å². The van der Waals surface area contributed by atoms with Gasteiger partial charge in [-0.2, -0.15) is 0 Å². The summed E-state index contributed by atoms with van der Waals surface area (Å²) in [5.74, 6) is 0.00521. The number of rotatable bonds is 5. The van der Waals surface area contributed by atoms with E-state index in [0.29, 0.717) is 11.1 Å². The molecule has 1 amide bonds. The average Bonchev–Trinajstić information content (AvgIpc) is 3.16. The normalized spacial score (nSPS) is 20.0. The minimum absolute atomic E-state index is 0.00521. The van der Waals surface area contributed by atoms with Gasteiger partial charge >= 0.3 is 0 Å². The van der Waals surface area contributed by atoms with Gasteiger partial charge in [0, 0.05) is 25.7 Å². The lowest BCUT2D eigenvalue weighted by atomic mass is 9.94. The van der Waals surface area contributed by atoms with Crippen LogP contribution in [-0.2, 0) is 13.1 Å². The van der Waals surface area contributed by atoms with E-state index in [4.69, 9.17) is 0 Å². The fourth-order valence-corrected chi connectivity index (χ4v) is 3.22. The minimum Gasteiger partial charge on any atom is -0.347 e. The molecule has 0 saturated heterocycles. The van der Waals surface area contributed by atoms with E-state index in [2.05, 4.69) is 40.7 Å². The van der Waals surface area contributed by atoms with Gasteiger partial charge in [-0.3, -0.25) is 9.69 Å². The summed E-state index contributed by atoms with van der Waals surface area (Å²) in [6.45, 7) is 11.2. The highest BCUT2D eigenvalue weighted by molar-refractivity contribution is 5.93. The quantitative estimate of drug-likeness (QED) is 0.907. The molecule has 0 aromatic carbocycles. The molecule has 130 valence electrons. The van der Waals surface area contributed by atoms with Crippen molar-refractivity contribution >= 4 is 5.91 Å². The van der Waals surface area contributed by atoms with E-state index in [1.54, 1.807) is 0 Å². The predicted molar refractivity (Wildman–Crippen MR) is 93.4 cm³/mol. The van der Waals surface area contributed by atoms with E-state index in [1.165, 1.54) is 12.8 Å². The molecule has 1 aromatic heterocycles. The van der Waals surface area contributed by atoms with E-state index in [0.717, 1.165) is 38.2 Å². The number of nitrogens with one attached hydrogen (secondary N) is 1. The monoisotopic (exact) mass is 320 g/mol. The summed E-state index contributed by atoms with van der Waals surface area (Å²) in [7, 11) is 2.09. The first-order valence-electron chi connectivity index (χ1n) is 9.07. The van der Waals surface area contributed by atoms with E-state index >= 15 is 0 Å². The lowest BCUT2D eigenvalue weighted by Gasteiger charge is -2.26. The second kappa shape index (κ2) is 7.47. The second-order valence-electron chi connectivity index (χ2n) is 6.94. The number of imidazole rings is 1. The van der Waals surface area contributed by atoms with Gasteiger partial charge in [0.1, 0.15) is 0 Å². The Balaban J connectivity index is 0.000000924. The lowest BCUT2D eigenvalue weighted by Crippen LogP contribution is -2.41. The van der Waals surface area contributed by atoms with Crippen LogP contribution >= 0.6 is 0 Å². The Labute approximate surface area is 140 Å². The number of aromatic nitrogens is 2. The summed E-state index contributed by atoms with van der Waals surface area (Å²) in [5, 5.41) is 3.25. The molecule has 1 fully saturated rings. The fourth-order valence-electron chi connectivity index (χ4n) is 3.22. The Bertz CT molecular complexity index is 533. The molecular formula is C18H32N4O. The van der Waals surface area contributed by atoms with Crippen molar-refractivity contribution in [3.05, 3.63) is 17.7 Å². The smallest absolute Gasteiger partial charge is 0.272 e. The Morgan fingerprint density at radius 1 is 1.39 bits per heavy atom. The molecule has 1 saturated carbocycles. The minimum atomic E-state index is 0.00521. The van der Waals surface area contributed by atoms with Crippen molar-refractivity contribution < 1.29 is 4.79 Å². The SMILES string of the molecule is CC.CCCC(NC(=O)c1ncn2c1CN(C)CC2)C1(C)CC1. The van der Waals surface area contributed by atoms with Gasteiger partial charge in [-0.25, -0.2) is 4.98 Å². The highest BCUT2D eigenvalue weighted by Crippen LogP contribution is 2.49. The average molecular weight is 320 g/mol.